The highest BCUT2D eigenvalue weighted by Crippen LogP contribution is 2.34. The molecule has 1 aliphatic rings. The minimum atomic E-state index is -3.23. The normalized spacial score (nSPS) is 28.7. The number of sulfone groups is 1. The minimum Gasteiger partial charge on any atom is -0.229 e. The lowest BCUT2D eigenvalue weighted by molar-refractivity contribution is -0.0291. The molecule has 0 amide bonds. The van der Waals surface area contributed by atoms with Gasteiger partial charge < -0.3 is 0 Å². The quantitative estimate of drug-likeness (QED) is 0.722. The van der Waals surface area contributed by atoms with E-state index in [0.717, 1.165) is 0 Å². The van der Waals surface area contributed by atoms with E-state index in [2.05, 4.69) is 15.9 Å². The van der Waals surface area contributed by atoms with Gasteiger partial charge in [-0.25, -0.2) is 17.2 Å². The van der Waals surface area contributed by atoms with Crippen molar-refractivity contribution in [1.82, 2.24) is 0 Å². The Morgan fingerprint density at radius 3 is 2.54 bits per heavy atom. The second-order valence-corrected chi connectivity index (χ2v) is 6.14. The van der Waals surface area contributed by atoms with Crippen molar-refractivity contribution in [3.63, 3.8) is 0 Å². The topological polar surface area (TPSA) is 34.1 Å². The smallest absolute Gasteiger partial charge is 0.229 e. The van der Waals surface area contributed by atoms with Gasteiger partial charge in [0.2, 0.25) is 0 Å². The molecular weight excluding hydrogens is 266 g/mol. The lowest BCUT2D eigenvalue weighted by Gasteiger charge is -2.28. The maximum atomic E-state index is 13.1. The lowest BCUT2D eigenvalue weighted by atomic mass is 9.99. The summed E-state index contributed by atoms with van der Waals surface area (Å²) in [5.74, 6) is -4.22. The summed E-state index contributed by atoms with van der Waals surface area (Å²) in [6, 6.07) is 0. The van der Waals surface area contributed by atoms with Crippen molar-refractivity contribution in [3.8, 4) is 0 Å². The number of hydrogen-bond donors (Lipinski definition) is 0. The predicted octanol–water partition coefficient (Wildman–Crippen LogP) is 1.84. The van der Waals surface area contributed by atoms with Gasteiger partial charge in [0, 0.05) is 5.92 Å². The molecule has 1 saturated heterocycles. The van der Waals surface area contributed by atoms with Crippen molar-refractivity contribution in [3.05, 3.63) is 0 Å². The fourth-order valence-corrected chi connectivity index (χ4v) is 3.72. The molecule has 0 spiro atoms. The van der Waals surface area contributed by atoms with Gasteiger partial charge in [-0.2, -0.15) is 0 Å². The Bertz CT molecular complexity index is 276. The van der Waals surface area contributed by atoms with Gasteiger partial charge in [0.25, 0.3) is 5.92 Å². The number of halogens is 3. The van der Waals surface area contributed by atoms with Crippen LogP contribution in [-0.4, -0.2) is 31.2 Å². The van der Waals surface area contributed by atoms with Crippen molar-refractivity contribution in [2.75, 3.05) is 16.8 Å². The Kier molecular flexibility index (Phi) is 3.33. The summed E-state index contributed by atoms with van der Waals surface area (Å²) in [6.45, 7) is 0. The zero-order chi connectivity index (χ0) is 10.1. The van der Waals surface area contributed by atoms with Crippen LogP contribution in [0.3, 0.4) is 0 Å². The third-order valence-corrected chi connectivity index (χ3v) is 4.81. The highest BCUT2D eigenvalue weighted by Gasteiger charge is 2.42. The first kappa shape index (κ1) is 11.4. The largest absolute Gasteiger partial charge is 0.261 e. The van der Waals surface area contributed by atoms with E-state index in [1.165, 1.54) is 0 Å². The van der Waals surface area contributed by atoms with Crippen molar-refractivity contribution in [1.29, 1.82) is 0 Å². The molecular formula is C7H11BrF2O2S. The molecule has 0 aromatic heterocycles. The van der Waals surface area contributed by atoms with Gasteiger partial charge in [0.1, 0.15) is 0 Å². The molecule has 0 radical (unpaired) electrons. The van der Waals surface area contributed by atoms with Gasteiger partial charge in [-0.15, -0.1) is 0 Å². The maximum Gasteiger partial charge on any atom is 0.261 e. The first-order valence-corrected chi connectivity index (χ1v) is 6.96. The van der Waals surface area contributed by atoms with E-state index in [4.69, 9.17) is 0 Å². The minimum absolute atomic E-state index is 0.0574. The fraction of sp³-hybridized carbons (Fsp3) is 1.00. The molecule has 1 unspecified atom stereocenters. The molecule has 2 nitrogen and oxygen atoms in total. The van der Waals surface area contributed by atoms with Crippen LogP contribution in [0.25, 0.3) is 0 Å². The molecule has 0 aromatic rings. The summed E-state index contributed by atoms with van der Waals surface area (Å²) in [4.78, 5) is 0. The highest BCUT2D eigenvalue weighted by atomic mass is 79.9. The third-order valence-electron chi connectivity index (χ3n) is 2.24. The second kappa shape index (κ2) is 3.81. The van der Waals surface area contributed by atoms with E-state index in [0.29, 0.717) is 12.8 Å². The molecule has 0 bridgehead atoms. The standard InChI is InChI=1S/C7H11BrF2O2S/c8-5-7(9,10)6-2-1-3-13(11,12)4-6/h6H,1-5H2. The monoisotopic (exact) mass is 276 g/mol. The molecule has 13 heavy (non-hydrogen) atoms. The molecule has 1 rings (SSSR count). The molecule has 6 heteroatoms. The van der Waals surface area contributed by atoms with E-state index < -0.39 is 27.0 Å². The molecule has 1 atom stereocenters. The van der Waals surface area contributed by atoms with Gasteiger partial charge in [-0.05, 0) is 12.8 Å². The van der Waals surface area contributed by atoms with Crippen LogP contribution in [0.15, 0.2) is 0 Å². The van der Waals surface area contributed by atoms with Crippen LogP contribution in [0.1, 0.15) is 12.8 Å². The molecule has 1 aliphatic heterocycles. The van der Waals surface area contributed by atoms with Crippen LogP contribution >= 0.6 is 15.9 Å². The van der Waals surface area contributed by atoms with Crippen molar-refractivity contribution in [2.24, 2.45) is 5.92 Å². The lowest BCUT2D eigenvalue weighted by Crippen LogP contribution is -2.39. The van der Waals surface area contributed by atoms with E-state index in [1.807, 2.05) is 0 Å². The summed E-state index contributed by atoms with van der Waals surface area (Å²) in [5.41, 5.74) is 0. The van der Waals surface area contributed by atoms with Crippen molar-refractivity contribution < 1.29 is 17.2 Å². The first-order valence-electron chi connectivity index (χ1n) is 4.01. The van der Waals surface area contributed by atoms with Crippen molar-refractivity contribution in [2.45, 2.75) is 18.8 Å². The number of alkyl halides is 3. The molecule has 1 fully saturated rings. The van der Waals surface area contributed by atoms with Crippen LogP contribution in [0.4, 0.5) is 8.78 Å². The van der Waals surface area contributed by atoms with E-state index in [1.54, 1.807) is 0 Å². The third kappa shape index (κ3) is 2.87. The summed E-state index contributed by atoms with van der Waals surface area (Å²) < 4.78 is 48.3. The summed E-state index contributed by atoms with van der Waals surface area (Å²) in [5, 5.41) is -0.458. The van der Waals surface area contributed by atoms with Gasteiger partial charge in [-0.1, -0.05) is 15.9 Å². The number of rotatable bonds is 2. The summed E-state index contributed by atoms with van der Waals surface area (Å²) >= 11 is 2.70. The first-order chi connectivity index (χ1) is 5.87. The van der Waals surface area contributed by atoms with E-state index in [-0.39, 0.29) is 11.5 Å². The Hall–Kier alpha value is 0.290. The zero-order valence-electron chi connectivity index (χ0n) is 6.97. The van der Waals surface area contributed by atoms with Crippen LogP contribution in [0.5, 0.6) is 0 Å². The second-order valence-electron chi connectivity index (χ2n) is 3.35. The van der Waals surface area contributed by atoms with E-state index in [9.17, 15) is 17.2 Å². The summed E-state index contributed by atoms with van der Waals surface area (Å²) in [7, 11) is -3.23. The predicted molar refractivity (Wildman–Crippen MR) is 50.1 cm³/mol. The molecule has 78 valence electrons. The zero-order valence-corrected chi connectivity index (χ0v) is 9.37. The molecule has 0 aliphatic carbocycles. The van der Waals surface area contributed by atoms with Crippen LogP contribution in [0, 0.1) is 5.92 Å². The molecule has 0 saturated carbocycles. The number of hydrogen-bond acceptors (Lipinski definition) is 2. The van der Waals surface area contributed by atoms with Gasteiger partial charge in [-0.3, -0.25) is 0 Å². The maximum absolute atomic E-state index is 13.1. The average Bonchev–Trinajstić information content (AvgIpc) is 2.03. The SMILES string of the molecule is O=S1(=O)CCCC(C(F)(F)CBr)C1. The van der Waals surface area contributed by atoms with Crippen LogP contribution in [-0.2, 0) is 9.84 Å². The van der Waals surface area contributed by atoms with Gasteiger partial charge >= 0.3 is 0 Å². The van der Waals surface area contributed by atoms with E-state index >= 15 is 0 Å². The molecule has 0 N–H and O–H groups in total. The van der Waals surface area contributed by atoms with Crippen LogP contribution < -0.4 is 0 Å². The van der Waals surface area contributed by atoms with Crippen molar-refractivity contribution >= 4 is 25.8 Å². The fourth-order valence-electron chi connectivity index (χ4n) is 1.47. The highest BCUT2D eigenvalue weighted by molar-refractivity contribution is 9.09. The van der Waals surface area contributed by atoms with Crippen LogP contribution in [0.2, 0.25) is 0 Å². The molecule has 0 aromatic carbocycles. The molecule has 1 heterocycles. The summed E-state index contributed by atoms with van der Waals surface area (Å²) in [6.07, 6.45) is 0.660. The van der Waals surface area contributed by atoms with Gasteiger partial charge in [0.05, 0.1) is 16.8 Å². The Labute approximate surface area is 84.7 Å². The Balaban J connectivity index is 2.73. The average molecular weight is 277 g/mol. The Morgan fingerprint density at radius 2 is 2.08 bits per heavy atom. The Morgan fingerprint density at radius 1 is 1.46 bits per heavy atom. The van der Waals surface area contributed by atoms with Gasteiger partial charge in [0.15, 0.2) is 9.84 Å².